The summed E-state index contributed by atoms with van der Waals surface area (Å²) in [5.74, 6) is 1.67. The second-order valence-electron chi connectivity index (χ2n) is 4.07. The first-order valence-corrected chi connectivity index (χ1v) is 6.37. The lowest BCUT2D eigenvalue weighted by molar-refractivity contribution is 0.149. The van der Waals surface area contributed by atoms with Crippen LogP contribution in [-0.2, 0) is 0 Å². The molecular weight excluding hydrogens is 188 g/mol. The van der Waals surface area contributed by atoms with E-state index in [1.165, 1.54) is 5.19 Å². The van der Waals surface area contributed by atoms with E-state index < -0.39 is 0 Å². The Morgan fingerprint density at radius 3 is 2.43 bits per heavy atom. The minimum Gasteiger partial charge on any atom is -0.490 e. The first-order chi connectivity index (χ1) is 6.65. The fraction of sp³-hybridized carbons (Fsp3) is 0.500. The topological polar surface area (TPSA) is 9.23 Å². The maximum Gasteiger partial charge on any atom is 0.117 e. The minimum absolute atomic E-state index is 0.352. The van der Waals surface area contributed by atoms with Crippen LogP contribution in [0.5, 0.6) is 5.75 Å². The van der Waals surface area contributed by atoms with Crippen LogP contribution in [0.4, 0.5) is 0 Å². The van der Waals surface area contributed by atoms with Gasteiger partial charge in [-0.05, 0) is 23.6 Å². The molecule has 1 atom stereocenters. The molecule has 1 nitrogen and oxygen atoms in total. The van der Waals surface area contributed by atoms with Crippen molar-refractivity contribution in [3.05, 3.63) is 24.3 Å². The summed E-state index contributed by atoms with van der Waals surface area (Å²) in [6.07, 6.45) is 1.43. The van der Waals surface area contributed by atoms with Gasteiger partial charge in [0, 0.05) is 10.2 Å². The summed E-state index contributed by atoms with van der Waals surface area (Å²) < 4.78 is 5.99. The van der Waals surface area contributed by atoms with Gasteiger partial charge >= 0.3 is 0 Å². The van der Waals surface area contributed by atoms with Crippen LogP contribution in [0.15, 0.2) is 24.3 Å². The average molecular weight is 208 g/mol. The van der Waals surface area contributed by atoms with Gasteiger partial charge in [-0.2, -0.15) is 0 Å². The standard InChI is InChI=1S/C12H20OSi/c1-4-10(9(2)3)13-11-7-5-6-8-12(11)14/h5-10H,4H2,1-3,14H3. The molecule has 0 aromatic heterocycles. The van der Waals surface area contributed by atoms with E-state index in [1.807, 2.05) is 6.07 Å². The first kappa shape index (κ1) is 11.3. The smallest absolute Gasteiger partial charge is 0.117 e. The van der Waals surface area contributed by atoms with Crippen LogP contribution in [0.3, 0.4) is 0 Å². The van der Waals surface area contributed by atoms with Crippen LogP contribution in [0, 0.1) is 5.92 Å². The molecule has 2 heteroatoms. The molecule has 14 heavy (non-hydrogen) atoms. The van der Waals surface area contributed by atoms with Gasteiger partial charge in [-0.1, -0.05) is 39.0 Å². The largest absolute Gasteiger partial charge is 0.490 e. The molecule has 0 radical (unpaired) electrons. The lowest BCUT2D eigenvalue weighted by atomic mass is 10.1. The third kappa shape index (κ3) is 2.88. The summed E-state index contributed by atoms with van der Waals surface area (Å²) >= 11 is 0. The number of para-hydroxylation sites is 1. The Labute approximate surface area is 89.9 Å². The van der Waals surface area contributed by atoms with Crippen molar-refractivity contribution < 1.29 is 4.74 Å². The highest BCUT2D eigenvalue weighted by molar-refractivity contribution is 6.34. The molecule has 0 aliphatic rings. The Hall–Kier alpha value is -0.763. The lowest BCUT2D eigenvalue weighted by Gasteiger charge is -2.22. The fourth-order valence-corrected chi connectivity index (χ4v) is 2.02. The SMILES string of the molecule is CCC(Oc1ccccc1[SiH3])C(C)C. The van der Waals surface area contributed by atoms with Crippen LogP contribution in [0.2, 0.25) is 0 Å². The van der Waals surface area contributed by atoms with Crippen LogP contribution < -0.4 is 9.92 Å². The van der Waals surface area contributed by atoms with Crippen LogP contribution in [0.25, 0.3) is 0 Å². The minimum atomic E-state index is 0.352. The highest BCUT2D eigenvalue weighted by atomic mass is 28.1. The maximum absolute atomic E-state index is 5.99. The summed E-state index contributed by atoms with van der Waals surface area (Å²) in [5.41, 5.74) is 0. The molecule has 0 aliphatic carbocycles. The molecule has 0 saturated heterocycles. The summed E-state index contributed by atoms with van der Waals surface area (Å²) in [5, 5.41) is 1.35. The van der Waals surface area contributed by atoms with E-state index in [-0.39, 0.29) is 0 Å². The highest BCUT2D eigenvalue weighted by Gasteiger charge is 2.13. The highest BCUT2D eigenvalue weighted by Crippen LogP contribution is 2.15. The van der Waals surface area contributed by atoms with Crippen molar-refractivity contribution in [1.82, 2.24) is 0 Å². The van der Waals surface area contributed by atoms with Gasteiger partial charge < -0.3 is 4.74 Å². The molecule has 0 aliphatic heterocycles. The van der Waals surface area contributed by atoms with Crippen molar-refractivity contribution >= 4 is 15.4 Å². The van der Waals surface area contributed by atoms with E-state index >= 15 is 0 Å². The van der Waals surface area contributed by atoms with Crippen molar-refractivity contribution in [2.75, 3.05) is 0 Å². The van der Waals surface area contributed by atoms with Gasteiger partial charge in [0.1, 0.15) is 11.9 Å². The van der Waals surface area contributed by atoms with Gasteiger partial charge in [-0.3, -0.25) is 0 Å². The number of hydrogen-bond acceptors (Lipinski definition) is 1. The van der Waals surface area contributed by atoms with Crippen molar-refractivity contribution in [3.63, 3.8) is 0 Å². The molecule has 78 valence electrons. The molecule has 1 unspecified atom stereocenters. The predicted molar refractivity (Wildman–Crippen MR) is 65.6 cm³/mol. The van der Waals surface area contributed by atoms with Gasteiger partial charge in [0.05, 0.1) is 0 Å². The van der Waals surface area contributed by atoms with Gasteiger partial charge in [-0.15, -0.1) is 0 Å². The Balaban J connectivity index is 2.72. The third-order valence-electron chi connectivity index (χ3n) is 2.52. The Kier molecular flexibility index (Phi) is 4.20. The fourth-order valence-electron chi connectivity index (χ4n) is 1.54. The zero-order valence-corrected chi connectivity index (χ0v) is 11.6. The number of hydrogen-bond donors (Lipinski definition) is 0. The van der Waals surface area contributed by atoms with Crippen LogP contribution >= 0.6 is 0 Å². The molecule has 0 heterocycles. The molecular formula is C12H20OSi. The predicted octanol–water partition coefficient (Wildman–Crippen LogP) is 1.49. The summed E-state index contributed by atoms with van der Waals surface area (Å²) in [6.45, 7) is 6.61. The molecule has 0 N–H and O–H groups in total. The molecule has 1 aromatic rings. The van der Waals surface area contributed by atoms with Crippen molar-refractivity contribution in [1.29, 1.82) is 0 Å². The number of ether oxygens (including phenoxy) is 1. The number of benzene rings is 1. The van der Waals surface area contributed by atoms with E-state index in [0.29, 0.717) is 12.0 Å². The second kappa shape index (κ2) is 5.20. The van der Waals surface area contributed by atoms with E-state index in [0.717, 1.165) is 22.4 Å². The van der Waals surface area contributed by atoms with E-state index in [4.69, 9.17) is 4.74 Å². The van der Waals surface area contributed by atoms with E-state index in [2.05, 4.69) is 39.0 Å². The molecule has 0 bridgehead atoms. The van der Waals surface area contributed by atoms with E-state index in [9.17, 15) is 0 Å². The van der Waals surface area contributed by atoms with Crippen molar-refractivity contribution in [3.8, 4) is 5.75 Å². The third-order valence-corrected chi connectivity index (χ3v) is 3.34. The van der Waals surface area contributed by atoms with Crippen molar-refractivity contribution in [2.45, 2.75) is 33.3 Å². The van der Waals surface area contributed by atoms with Crippen LogP contribution in [0.1, 0.15) is 27.2 Å². The molecule has 1 aromatic carbocycles. The Bertz CT molecular complexity index is 283. The maximum atomic E-state index is 5.99. The number of rotatable bonds is 4. The van der Waals surface area contributed by atoms with Gasteiger partial charge in [0.25, 0.3) is 0 Å². The quantitative estimate of drug-likeness (QED) is 0.681. The lowest BCUT2D eigenvalue weighted by Crippen LogP contribution is -2.24. The van der Waals surface area contributed by atoms with E-state index in [1.54, 1.807) is 0 Å². The van der Waals surface area contributed by atoms with Gasteiger partial charge in [0.15, 0.2) is 0 Å². The zero-order chi connectivity index (χ0) is 10.6. The summed E-state index contributed by atoms with van der Waals surface area (Å²) in [6, 6.07) is 8.34. The second-order valence-corrected chi connectivity index (χ2v) is 5.15. The Morgan fingerprint density at radius 1 is 1.29 bits per heavy atom. The summed E-state index contributed by atoms with van der Waals surface area (Å²) in [4.78, 5) is 0. The molecule has 1 rings (SSSR count). The summed E-state index contributed by atoms with van der Waals surface area (Å²) in [7, 11) is 1.05. The molecule has 0 spiro atoms. The normalized spacial score (nSPS) is 13.1. The molecule has 0 saturated carbocycles. The van der Waals surface area contributed by atoms with Gasteiger partial charge in [0.2, 0.25) is 0 Å². The molecule has 0 fully saturated rings. The first-order valence-electron chi connectivity index (χ1n) is 5.37. The van der Waals surface area contributed by atoms with Crippen LogP contribution in [-0.4, -0.2) is 16.3 Å². The molecule has 0 amide bonds. The average Bonchev–Trinajstić information content (AvgIpc) is 2.16. The zero-order valence-electron chi connectivity index (χ0n) is 9.58. The van der Waals surface area contributed by atoms with Gasteiger partial charge in [-0.25, -0.2) is 0 Å². The monoisotopic (exact) mass is 208 g/mol. The van der Waals surface area contributed by atoms with Crippen molar-refractivity contribution in [2.24, 2.45) is 5.92 Å². The Morgan fingerprint density at radius 2 is 1.93 bits per heavy atom.